The first kappa shape index (κ1) is 19.6. The molecule has 2 heterocycles. The fraction of sp³-hybridized carbons (Fsp3) is 0.143. The highest BCUT2D eigenvalue weighted by atomic mass is 32.1. The highest BCUT2D eigenvalue weighted by Gasteiger charge is 2.12. The van der Waals surface area contributed by atoms with Gasteiger partial charge < -0.3 is 14.8 Å². The van der Waals surface area contributed by atoms with Gasteiger partial charge in [0.05, 0.1) is 26.5 Å². The number of fused-ring (bicyclic) bond motifs is 1. The number of ether oxygens (including phenoxy) is 2. The first-order chi connectivity index (χ1) is 14.6. The molecule has 0 spiro atoms. The topological polar surface area (TPSA) is 94.8 Å². The Morgan fingerprint density at radius 1 is 1.07 bits per heavy atom. The van der Waals surface area contributed by atoms with E-state index in [4.69, 9.17) is 9.47 Å². The van der Waals surface area contributed by atoms with Crippen LogP contribution in [0.4, 0.5) is 0 Å². The van der Waals surface area contributed by atoms with Crippen molar-refractivity contribution in [2.45, 2.75) is 6.54 Å². The molecule has 30 heavy (non-hydrogen) atoms. The fourth-order valence-electron chi connectivity index (χ4n) is 2.83. The van der Waals surface area contributed by atoms with Crippen molar-refractivity contribution in [1.29, 1.82) is 0 Å². The van der Waals surface area contributed by atoms with Gasteiger partial charge in [-0.1, -0.05) is 17.4 Å². The molecule has 0 saturated carbocycles. The number of nitrogens with one attached hydrogen (secondary N) is 1. The minimum Gasteiger partial charge on any atom is -0.497 e. The highest BCUT2D eigenvalue weighted by molar-refractivity contribution is 7.19. The molecular weight excluding hydrogens is 404 g/mol. The molecule has 0 aliphatic rings. The smallest absolute Gasteiger partial charge is 0.275 e. The molecule has 0 saturated heterocycles. The van der Waals surface area contributed by atoms with Crippen molar-refractivity contribution in [1.82, 2.24) is 19.9 Å². The van der Waals surface area contributed by atoms with Crippen LogP contribution >= 0.6 is 11.3 Å². The van der Waals surface area contributed by atoms with Crippen LogP contribution in [0.1, 0.15) is 16.1 Å². The molecule has 4 aromatic rings. The molecule has 1 N–H and O–H groups in total. The maximum atomic E-state index is 12.5. The molecule has 1 amide bonds. The number of amides is 1. The second-order valence-electron chi connectivity index (χ2n) is 6.33. The predicted octanol–water partition coefficient (Wildman–Crippen LogP) is 2.77. The van der Waals surface area contributed by atoms with Crippen molar-refractivity contribution in [3.63, 3.8) is 0 Å². The lowest BCUT2D eigenvalue weighted by Gasteiger charge is -2.06. The van der Waals surface area contributed by atoms with Crippen LogP contribution in [0, 0.1) is 0 Å². The Hall–Kier alpha value is -3.72. The Bertz CT molecular complexity index is 1260. The molecule has 0 radical (unpaired) electrons. The summed E-state index contributed by atoms with van der Waals surface area (Å²) in [6.45, 7) is 0.123. The van der Waals surface area contributed by atoms with Crippen molar-refractivity contribution in [2.75, 3.05) is 14.2 Å². The van der Waals surface area contributed by atoms with Gasteiger partial charge in [-0.3, -0.25) is 9.59 Å². The quantitative estimate of drug-likeness (QED) is 0.513. The summed E-state index contributed by atoms with van der Waals surface area (Å²) < 4.78 is 11.6. The normalized spacial score (nSPS) is 10.7. The second-order valence-corrected chi connectivity index (χ2v) is 7.29. The lowest BCUT2D eigenvalue weighted by atomic mass is 10.2. The van der Waals surface area contributed by atoms with Crippen LogP contribution in [0.2, 0.25) is 0 Å². The zero-order chi connectivity index (χ0) is 21.1. The van der Waals surface area contributed by atoms with Gasteiger partial charge in [-0.25, -0.2) is 4.98 Å². The molecule has 2 aromatic carbocycles. The van der Waals surface area contributed by atoms with Gasteiger partial charge in [0.25, 0.3) is 11.5 Å². The molecule has 0 fully saturated rings. The van der Waals surface area contributed by atoms with E-state index in [0.717, 1.165) is 11.3 Å². The summed E-state index contributed by atoms with van der Waals surface area (Å²) in [6.07, 6.45) is 0. The van der Waals surface area contributed by atoms with E-state index >= 15 is 0 Å². The minimum atomic E-state index is -0.304. The Kier molecular flexibility index (Phi) is 5.44. The zero-order valence-corrected chi connectivity index (χ0v) is 17.1. The predicted molar refractivity (Wildman–Crippen MR) is 113 cm³/mol. The standard InChI is InChI=1S/C21H18N4O4S/c1-28-16-8-6-13(7-9-16)20-24-25-18(26)11-15(23-21(25)30-20)12-22-19(27)14-4-3-5-17(10-14)29-2/h3-11H,12H2,1-2H3,(H,22,27). The van der Waals surface area contributed by atoms with E-state index in [2.05, 4.69) is 15.4 Å². The van der Waals surface area contributed by atoms with Crippen molar-refractivity contribution < 1.29 is 14.3 Å². The molecule has 0 atom stereocenters. The number of aromatic nitrogens is 3. The van der Waals surface area contributed by atoms with Gasteiger partial charge in [0.1, 0.15) is 16.5 Å². The first-order valence-electron chi connectivity index (χ1n) is 9.04. The lowest BCUT2D eigenvalue weighted by Crippen LogP contribution is -2.25. The second kappa shape index (κ2) is 8.34. The van der Waals surface area contributed by atoms with E-state index < -0.39 is 0 Å². The summed E-state index contributed by atoms with van der Waals surface area (Å²) in [5, 5.41) is 7.80. The highest BCUT2D eigenvalue weighted by Crippen LogP contribution is 2.26. The third kappa shape index (κ3) is 4.01. The van der Waals surface area contributed by atoms with Gasteiger partial charge >= 0.3 is 0 Å². The summed E-state index contributed by atoms with van der Waals surface area (Å²) in [5.74, 6) is 1.06. The van der Waals surface area contributed by atoms with E-state index in [0.29, 0.717) is 27.0 Å². The number of carbonyl (C=O) groups is 1. The van der Waals surface area contributed by atoms with Crippen molar-refractivity contribution >= 4 is 22.2 Å². The van der Waals surface area contributed by atoms with E-state index in [9.17, 15) is 9.59 Å². The molecule has 8 nitrogen and oxygen atoms in total. The summed E-state index contributed by atoms with van der Waals surface area (Å²) in [5.41, 5.74) is 1.48. The van der Waals surface area contributed by atoms with Crippen LogP contribution in [-0.2, 0) is 6.54 Å². The molecule has 0 aliphatic heterocycles. The molecule has 152 valence electrons. The molecule has 4 rings (SSSR count). The Balaban J connectivity index is 1.55. The molecule has 9 heteroatoms. The summed E-state index contributed by atoms with van der Waals surface area (Å²) in [6, 6.07) is 15.6. The minimum absolute atomic E-state index is 0.123. The average Bonchev–Trinajstić information content (AvgIpc) is 3.22. The number of hydrogen-bond acceptors (Lipinski definition) is 7. The van der Waals surface area contributed by atoms with Crippen LogP contribution in [0.25, 0.3) is 15.5 Å². The monoisotopic (exact) mass is 422 g/mol. The Morgan fingerprint density at radius 2 is 1.83 bits per heavy atom. The molecule has 2 aromatic heterocycles. The van der Waals surface area contributed by atoms with Crippen molar-refractivity contribution in [3.8, 4) is 22.1 Å². The number of rotatable bonds is 6. The van der Waals surface area contributed by atoms with E-state index in [1.54, 1.807) is 38.5 Å². The fourth-order valence-corrected chi connectivity index (χ4v) is 3.76. The number of methoxy groups -OCH3 is 2. The van der Waals surface area contributed by atoms with Crippen molar-refractivity contribution in [2.24, 2.45) is 0 Å². The van der Waals surface area contributed by atoms with Gasteiger partial charge in [0.2, 0.25) is 4.96 Å². The summed E-state index contributed by atoms with van der Waals surface area (Å²) in [7, 11) is 3.14. The summed E-state index contributed by atoms with van der Waals surface area (Å²) in [4.78, 5) is 29.8. The SMILES string of the molecule is COc1ccc(-c2nn3c(=O)cc(CNC(=O)c4cccc(OC)c4)nc3s2)cc1. The number of hydrogen-bond donors (Lipinski definition) is 1. The lowest BCUT2D eigenvalue weighted by molar-refractivity contribution is 0.0950. The number of nitrogens with zero attached hydrogens (tertiary/aromatic N) is 3. The van der Waals surface area contributed by atoms with E-state index in [1.165, 1.54) is 21.9 Å². The van der Waals surface area contributed by atoms with Gasteiger partial charge in [0.15, 0.2) is 0 Å². The third-order valence-electron chi connectivity index (χ3n) is 4.40. The molecule has 0 aliphatic carbocycles. The molecular formula is C21H18N4O4S. The van der Waals surface area contributed by atoms with E-state index in [1.807, 2.05) is 24.3 Å². The maximum absolute atomic E-state index is 12.5. The van der Waals surface area contributed by atoms with Crippen molar-refractivity contribution in [3.05, 3.63) is 76.2 Å². The van der Waals surface area contributed by atoms with Gasteiger partial charge in [0, 0.05) is 17.2 Å². The third-order valence-corrected chi connectivity index (χ3v) is 5.35. The molecule has 0 unspecified atom stereocenters. The largest absolute Gasteiger partial charge is 0.497 e. The van der Waals surface area contributed by atoms with Crippen LogP contribution in [0.5, 0.6) is 11.5 Å². The Morgan fingerprint density at radius 3 is 2.57 bits per heavy atom. The van der Waals surface area contributed by atoms with Gasteiger partial charge in [-0.05, 0) is 42.5 Å². The maximum Gasteiger partial charge on any atom is 0.275 e. The van der Waals surface area contributed by atoms with Gasteiger partial charge in [-0.15, -0.1) is 0 Å². The number of benzene rings is 2. The van der Waals surface area contributed by atoms with Crippen LogP contribution in [-0.4, -0.2) is 34.7 Å². The summed E-state index contributed by atoms with van der Waals surface area (Å²) >= 11 is 1.30. The van der Waals surface area contributed by atoms with Crippen LogP contribution in [0.3, 0.4) is 0 Å². The molecule has 0 bridgehead atoms. The zero-order valence-electron chi connectivity index (χ0n) is 16.3. The Labute approximate surface area is 175 Å². The van der Waals surface area contributed by atoms with Gasteiger partial charge in [-0.2, -0.15) is 9.61 Å². The number of carbonyl (C=O) groups excluding carboxylic acids is 1. The van der Waals surface area contributed by atoms with E-state index in [-0.39, 0.29) is 18.0 Å². The average molecular weight is 422 g/mol. The van der Waals surface area contributed by atoms with Crippen LogP contribution in [0.15, 0.2) is 59.4 Å². The first-order valence-corrected chi connectivity index (χ1v) is 9.85. The van der Waals surface area contributed by atoms with Crippen LogP contribution < -0.4 is 20.3 Å².